The number of pyridine rings is 1. The molecule has 19 heavy (non-hydrogen) atoms. The number of aliphatic hydroxyl groups is 1. The lowest BCUT2D eigenvalue weighted by Gasteiger charge is -2.10. The van der Waals surface area contributed by atoms with E-state index in [2.05, 4.69) is 30.1 Å². The van der Waals surface area contributed by atoms with Gasteiger partial charge in [-0.2, -0.15) is 0 Å². The maximum atomic E-state index is 10.0. The molecule has 0 aliphatic rings. The van der Waals surface area contributed by atoms with Gasteiger partial charge < -0.3 is 10.8 Å². The minimum atomic E-state index is -0.382. The number of aliphatic hydroxyl groups excluding tert-OH is 1. The Morgan fingerprint density at radius 3 is 2.89 bits per heavy atom. The Morgan fingerprint density at radius 1 is 1.32 bits per heavy atom. The van der Waals surface area contributed by atoms with Crippen molar-refractivity contribution in [3.63, 3.8) is 0 Å². The highest BCUT2D eigenvalue weighted by Gasteiger charge is 2.07. The van der Waals surface area contributed by atoms with Crippen LogP contribution in [0, 0.1) is 6.92 Å². The summed E-state index contributed by atoms with van der Waals surface area (Å²) in [6.45, 7) is 2.07. The molecule has 0 radical (unpaired) electrons. The van der Waals surface area contributed by atoms with Crippen LogP contribution in [-0.2, 0) is 6.42 Å². The SMILES string of the molecule is Cc1cccc(SCC(O)Cc2ccnc(N)c2)c1. The molecular weight excluding hydrogens is 256 g/mol. The number of hydrogen-bond donors (Lipinski definition) is 2. The fourth-order valence-electron chi connectivity index (χ4n) is 1.85. The Balaban J connectivity index is 1.86. The molecule has 1 aromatic heterocycles. The lowest BCUT2D eigenvalue weighted by molar-refractivity contribution is 0.200. The molecule has 0 aliphatic heterocycles. The second-order valence-corrected chi connectivity index (χ2v) is 5.67. The smallest absolute Gasteiger partial charge is 0.123 e. The summed E-state index contributed by atoms with van der Waals surface area (Å²) in [5.41, 5.74) is 7.87. The number of benzene rings is 1. The number of rotatable bonds is 5. The standard InChI is InChI=1S/C15H18N2OS/c1-11-3-2-4-14(7-11)19-10-13(18)8-12-5-6-17-15(16)9-12/h2-7,9,13,18H,8,10H2,1H3,(H2,16,17). The Morgan fingerprint density at radius 2 is 2.16 bits per heavy atom. The first-order chi connectivity index (χ1) is 9.13. The molecule has 0 aliphatic carbocycles. The predicted octanol–water partition coefficient (Wildman–Crippen LogP) is 2.67. The van der Waals surface area contributed by atoms with Crippen LogP contribution < -0.4 is 5.73 Å². The van der Waals surface area contributed by atoms with Gasteiger partial charge in [-0.15, -0.1) is 11.8 Å². The van der Waals surface area contributed by atoms with Crippen LogP contribution in [0.15, 0.2) is 47.5 Å². The van der Waals surface area contributed by atoms with Crippen LogP contribution in [0.1, 0.15) is 11.1 Å². The number of hydrogen-bond acceptors (Lipinski definition) is 4. The van der Waals surface area contributed by atoms with Crippen LogP contribution in [0.2, 0.25) is 0 Å². The number of aryl methyl sites for hydroxylation is 1. The van der Waals surface area contributed by atoms with Crippen molar-refractivity contribution in [2.45, 2.75) is 24.3 Å². The molecule has 3 N–H and O–H groups in total. The minimum Gasteiger partial charge on any atom is -0.392 e. The van der Waals surface area contributed by atoms with Gasteiger partial charge in [-0.3, -0.25) is 0 Å². The zero-order valence-corrected chi connectivity index (χ0v) is 11.7. The topological polar surface area (TPSA) is 59.1 Å². The molecule has 0 saturated heterocycles. The van der Waals surface area contributed by atoms with Crippen molar-refractivity contribution in [3.8, 4) is 0 Å². The van der Waals surface area contributed by atoms with Crippen molar-refractivity contribution in [2.75, 3.05) is 11.5 Å². The molecule has 2 rings (SSSR count). The molecule has 4 heteroatoms. The highest BCUT2D eigenvalue weighted by molar-refractivity contribution is 7.99. The van der Waals surface area contributed by atoms with Crippen molar-refractivity contribution in [1.82, 2.24) is 4.98 Å². The number of aromatic nitrogens is 1. The summed E-state index contributed by atoms with van der Waals surface area (Å²) in [6, 6.07) is 12.0. The van der Waals surface area contributed by atoms with E-state index in [0.29, 0.717) is 18.0 Å². The number of anilines is 1. The summed E-state index contributed by atoms with van der Waals surface area (Å²) < 4.78 is 0. The summed E-state index contributed by atoms with van der Waals surface area (Å²) in [7, 11) is 0. The number of nitrogens with two attached hydrogens (primary N) is 1. The first kappa shape index (κ1) is 13.9. The van der Waals surface area contributed by atoms with E-state index in [-0.39, 0.29) is 6.10 Å². The second-order valence-electron chi connectivity index (χ2n) is 4.57. The molecule has 1 atom stereocenters. The summed E-state index contributed by atoms with van der Waals surface area (Å²) >= 11 is 1.67. The van der Waals surface area contributed by atoms with E-state index in [4.69, 9.17) is 5.73 Å². The molecule has 2 aromatic rings. The highest BCUT2D eigenvalue weighted by Crippen LogP contribution is 2.20. The van der Waals surface area contributed by atoms with Crippen LogP contribution in [0.4, 0.5) is 5.82 Å². The van der Waals surface area contributed by atoms with Crippen molar-refractivity contribution in [3.05, 3.63) is 53.7 Å². The van der Waals surface area contributed by atoms with E-state index < -0.39 is 0 Å². The third kappa shape index (κ3) is 4.58. The van der Waals surface area contributed by atoms with Gasteiger partial charge in [-0.25, -0.2) is 4.98 Å². The maximum absolute atomic E-state index is 10.0. The molecule has 3 nitrogen and oxygen atoms in total. The Bertz CT molecular complexity index is 545. The van der Waals surface area contributed by atoms with Gasteiger partial charge in [-0.1, -0.05) is 17.7 Å². The third-order valence-corrected chi connectivity index (χ3v) is 3.89. The molecule has 1 heterocycles. The first-order valence-corrected chi connectivity index (χ1v) is 7.20. The lowest BCUT2D eigenvalue weighted by atomic mass is 10.1. The minimum absolute atomic E-state index is 0.382. The summed E-state index contributed by atoms with van der Waals surface area (Å²) in [4.78, 5) is 5.13. The van der Waals surface area contributed by atoms with Crippen molar-refractivity contribution in [2.24, 2.45) is 0 Å². The van der Waals surface area contributed by atoms with Gasteiger partial charge >= 0.3 is 0 Å². The fourth-order valence-corrected chi connectivity index (χ4v) is 2.80. The number of nitrogens with zero attached hydrogens (tertiary/aromatic N) is 1. The first-order valence-electron chi connectivity index (χ1n) is 6.21. The quantitative estimate of drug-likeness (QED) is 0.823. The Labute approximate surface area is 117 Å². The number of nitrogen functional groups attached to an aromatic ring is 1. The number of thioether (sulfide) groups is 1. The van der Waals surface area contributed by atoms with Crippen molar-refractivity contribution < 1.29 is 5.11 Å². The average Bonchev–Trinajstić information content (AvgIpc) is 2.36. The fraction of sp³-hybridized carbons (Fsp3) is 0.267. The van der Waals surface area contributed by atoms with E-state index in [9.17, 15) is 5.11 Å². The summed E-state index contributed by atoms with van der Waals surface area (Å²) in [6.07, 6.45) is 1.89. The van der Waals surface area contributed by atoms with E-state index in [1.165, 1.54) is 10.5 Å². The van der Waals surface area contributed by atoms with Crippen LogP contribution in [0.25, 0.3) is 0 Å². The zero-order valence-electron chi connectivity index (χ0n) is 10.9. The van der Waals surface area contributed by atoms with E-state index in [1.54, 1.807) is 24.0 Å². The van der Waals surface area contributed by atoms with Gasteiger partial charge in [0, 0.05) is 16.8 Å². The van der Waals surface area contributed by atoms with Gasteiger partial charge in [0.25, 0.3) is 0 Å². The van der Waals surface area contributed by atoms with Gasteiger partial charge in [0.1, 0.15) is 5.82 Å². The molecule has 100 valence electrons. The van der Waals surface area contributed by atoms with Crippen molar-refractivity contribution >= 4 is 17.6 Å². The van der Waals surface area contributed by atoms with Crippen LogP contribution in [-0.4, -0.2) is 21.9 Å². The van der Waals surface area contributed by atoms with Gasteiger partial charge in [0.05, 0.1) is 6.10 Å². The van der Waals surface area contributed by atoms with Crippen LogP contribution in [0.5, 0.6) is 0 Å². The molecular formula is C15H18N2OS. The van der Waals surface area contributed by atoms with E-state index in [0.717, 1.165) is 5.56 Å². The molecule has 0 fully saturated rings. The second kappa shape index (κ2) is 6.59. The maximum Gasteiger partial charge on any atom is 0.123 e. The molecule has 1 unspecified atom stereocenters. The van der Waals surface area contributed by atoms with Gasteiger partial charge in [0.15, 0.2) is 0 Å². The van der Waals surface area contributed by atoms with Gasteiger partial charge in [-0.05, 0) is 43.2 Å². The van der Waals surface area contributed by atoms with Crippen LogP contribution >= 0.6 is 11.8 Å². The molecule has 0 amide bonds. The van der Waals surface area contributed by atoms with Crippen molar-refractivity contribution in [1.29, 1.82) is 0 Å². The lowest BCUT2D eigenvalue weighted by Crippen LogP contribution is -2.13. The molecule has 1 aromatic carbocycles. The zero-order chi connectivity index (χ0) is 13.7. The van der Waals surface area contributed by atoms with E-state index >= 15 is 0 Å². The molecule has 0 bridgehead atoms. The summed E-state index contributed by atoms with van der Waals surface area (Å²) in [5.74, 6) is 1.17. The molecule has 0 saturated carbocycles. The van der Waals surface area contributed by atoms with Gasteiger partial charge in [0.2, 0.25) is 0 Å². The van der Waals surface area contributed by atoms with E-state index in [1.807, 2.05) is 12.1 Å². The predicted molar refractivity (Wildman–Crippen MR) is 80.3 cm³/mol. The van der Waals surface area contributed by atoms with Crippen LogP contribution in [0.3, 0.4) is 0 Å². The average molecular weight is 274 g/mol. The largest absolute Gasteiger partial charge is 0.392 e. The molecule has 0 spiro atoms. The normalized spacial score (nSPS) is 12.3. The third-order valence-electron chi connectivity index (χ3n) is 2.75. The Hall–Kier alpha value is -1.52. The highest BCUT2D eigenvalue weighted by atomic mass is 32.2. The summed E-state index contributed by atoms with van der Waals surface area (Å²) in [5, 5.41) is 10.0. The Kier molecular flexibility index (Phi) is 4.82. The monoisotopic (exact) mass is 274 g/mol.